The minimum Gasteiger partial charge on any atom is -0.370 e. The van der Waals surface area contributed by atoms with Gasteiger partial charge in [0.1, 0.15) is 10.9 Å². The molecule has 0 saturated heterocycles. The topological polar surface area (TPSA) is 196 Å². The Bertz CT molecular complexity index is 1050. The van der Waals surface area contributed by atoms with Crippen LogP contribution in [0.1, 0.15) is 45.2 Å². The molecule has 0 bridgehead atoms. The lowest BCUT2D eigenvalue weighted by Crippen LogP contribution is -2.54. The van der Waals surface area contributed by atoms with Gasteiger partial charge in [0.2, 0.25) is 22.1 Å². The highest BCUT2D eigenvalue weighted by atomic mass is 32.2. The number of carbonyl (C=O) groups excluding carboxylic acids is 4. The number of Topliss-reactive ketones (excluding diaryl/α,β-unsaturated/α-hetero) is 1. The maximum atomic E-state index is 12.8. The molecule has 12 nitrogen and oxygen atoms in total. The first kappa shape index (κ1) is 27.4. The molecule has 13 heteroatoms. The van der Waals surface area contributed by atoms with Crippen molar-refractivity contribution in [2.45, 2.75) is 51.7 Å². The summed E-state index contributed by atoms with van der Waals surface area (Å²) in [5.74, 6) is -4.15. The highest BCUT2D eigenvalue weighted by Crippen LogP contribution is 2.17. The van der Waals surface area contributed by atoms with Gasteiger partial charge in [-0.25, -0.2) is 0 Å². The number of carbonyl (C=O) groups is 4. The van der Waals surface area contributed by atoms with E-state index < -0.39 is 68.1 Å². The molecule has 33 heavy (non-hydrogen) atoms. The van der Waals surface area contributed by atoms with Gasteiger partial charge in [-0.15, -0.1) is 0 Å². The van der Waals surface area contributed by atoms with Gasteiger partial charge in [0, 0.05) is 10.5 Å². The van der Waals surface area contributed by atoms with Gasteiger partial charge >= 0.3 is 6.04 Å². The second-order valence-electron chi connectivity index (χ2n) is 7.68. The fourth-order valence-corrected chi connectivity index (χ4v) is 3.27. The van der Waals surface area contributed by atoms with Crippen molar-refractivity contribution in [3.05, 3.63) is 46.0 Å². The van der Waals surface area contributed by atoms with Crippen LogP contribution in [-0.2, 0) is 29.5 Å². The third kappa shape index (κ3) is 8.44. The van der Waals surface area contributed by atoms with Crippen LogP contribution in [-0.4, -0.2) is 53.8 Å². The van der Waals surface area contributed by atoms with E-state index in [4.69, 9.17) is 5.73 Å². The number of rotatable bonds is 12. The Morgan fingerprint density at radius 3 is 2.03 bits per heavy atom. The van der Waals surface area contributed by atoms with Crippen LogP contribution < -0.4 is 16.4 Å². The number of nitrogens with two attached hydrogens (primary N) is 1. The van der Waals surface area contributed by atoms with Crippen LogP contribution in [0.15, 0.2) is 30.3 Å². The summed E-state index contributed by atoms with van der Waals surface area (Å²) in [5.41, 5.74) is 5.21. The molecule has 180 valence electrons. The van der Waals surface area contributed by atoms with Crippen molar-refractivity contribution in [1.82, 2.24) is 10.6 Å². The Labute approximate surface area is 191 Å². The van der Waals surface area contributed by atoms with Crippen molar-refractivity contribution in [2.24, 2.45) is 11.7 Å². The van der Waals surface area contributed by atoms with Crippen LogP contribution in [0.4, 0.5) is 0 Å². The number of amides is 3. The first-order chi connectivity index (χ1) is 15.3. The van der Waals surface area contributed by atoms with Gasteiger partial charge in [0.05, 0.1) is 12.5 Å². The lowest BCUT2D eigenvalue weighted by Gasteiger charge is -2.23. The maximum Gasteiger partial charge on any atom is 0.314 e. The van der Waals surface area contributed by atoms with Crippen molar-refractivity contribution in [3.8, 4) is 0 Å². The molecule has 0 aliphatic heterocycles. The number of primary amides is 1. The molecule has 1 rings (SSSR count). The van der Waals surface area contributed by atoms with Gasteiger partial charge in [-0.2, -0.15) is 8.42 Å². The smallest absolute Gasteiger partial charge is 0.314 e. The second kappa shape index (κ2) is 12.4. The molecule has 1 aromatic rings. The summed E-state index contributed by atoms with van der Waals surface area (Å²) in [6.07, 6.45) is -0.631. The number of nitro groups is 1. The molecule has 0 spiro atoms. The quantitative estimate of drug-likeness (QED) is 0.202. The molecule has 3 atom stereocenters. The Morgan fingerprint density at radius 1 is 1.03 bits per heavy atom. The standard InChI is InChI=1S/C20H26N4O8S/c1-11(2)9-14(18(26)12(3)33(31)32)22-19(27)15(10-16(21)25)23-20(28)17(24(29)30)13-7-5-4-6-8-13/h4-8,11,14-15,17H,9-10H2,1-3H3,(H2,21,25)(H,22,27)(H,23,28)/t14-,15-,17?/m0/s1. The zero-order chi connectivity index (χ0) is 25.3. The normalized spacial score (nSPS) is 13.3. The van der Waals surface area contributed by atoms with E-state index in [9.17, 15) is 37.7 Å². The van der Waals surface area contributed by atoms with Crippen LogP contribution in [0.3, 0.4) is 0 Å². The van der Waals surface area contributed by atoms with Crippen molar-refractivity contribution < 1.29 is 32.5 Å². The predicted molar refractivity (Wildman–Crippen MR) is 118 cm³/mol. The van der Waals surface area contributed by atoms with Gasteiger partial charge in [0.15, 0.2) is 5.78 Å². The van der Waals surface area contributed by atoms with E-state index in [0.717, 1.165) is 6.92 Å². The van der Waals surface area contributed by atoms with Gasteiger partial charge in [-0.05, 0) is 19.3 Å². The lowest BCUT2D eigenvalue weighted by atomic mass is 9.98. The van der Waals surface area contributed by atoms with E-state index in [2.05, 4.69) is 10.6 Å². The van der Waals surface area contributed by atoms with Crippen LogP contribution in [0.25, 0.3) is 0 Å². The van der Waals surface area contributed by atoms with E-state index >= 15 is 0 Å². The molecule has 1 aromatic carbocycles. The predicted octanol–water partition coefficient (Wildman–Crippen LogP) is -0.464. The Hall–Kier alpha value is -3.61. The van der Waals surface area contributed by atoms with Crippen molar-refractivity contribution in [3.63, 3.8) is 0 Å². The van der Waals surface area contributed by atoms with E-state index in [0.29, 0.717) is 0 Å². The van der Waals surface area contributed by atoms with Crippen LogP contribution >= 0.6 is 0 Å². The average Bonchev–Trinajstić information content (AvgIpc) is 2.71. The number of ketones is 1. The maximum absolute atomic E-state index is 12.8. The van der Waals surface area contributed by atoms with Crippen molar-refractivity contribution in [2.75, 3.05) is 0 Å². The first-order valence-electron chi connectivity index (χ1n) is 9.89. The Kier molecular flexibility index (Phi) is 10.3. The van der Waals surface area contributed by atoms with E-state index in [1.165, 1.54) is 24.3 Å². The van der Waals surface area contributed by atoms with Gasteiger partial charge in [-0.1, -0.05) is 44.2 Å². The highest BCUT2D eigenvalue weighted by molar-refractivity contribution is 7.74. The minimum absolute atomic E-state index is 0.0502. The van der Waals surface area contributed by atoms with Crippen LogP contribution in [0, 0.1) is 16.0 Å². The molecule has 0 aliphatic rings. The summed E-state index contributed by atoms with van der Waals surface area (Å²) in [7, 11) is -2.81. The number of hydrogen-bond donors (Lipinski definition) is 3. The van der Waals surface area contributed by atoms with Gasteiger partial charge < -0.3 is 16.4 Å². The highest BCUT2D eigenvalue weighted by Gasteiger charge is 2.36. The number of benzene rings is 1. The summed E-state index contributed by atoms with van der Waals surface area (Å²) in [5, 5.41) is 16.0. The zero-order valence-corrected chi connectivity index (χ0v) is 19.1. The summed E-state index contributed by atoms with van der Waals surface area (Å²) in [4.78, 5) is 59.5. The molecular weight excluding hydrogens is 456 g/mol. The van der Waals surface area contributed by atoms with E-state index in [1.54, 1.807) is 19.9 Å². The summed E-state index contributed by atoms with van der Waals surface area (Å²) in [6, 6.07) is 2.55. The molecule has 0 saturated carbocycles. The first-order valence-corrected chi connectivity index (χ1v) is 11.0. The number of nitrogens with zero attached hydrogens (tertiary/aromatic N) is 1. The number of hydrogen-bond acceptors (Lipinski definition) is 8. The third-order valence-electron chi connectivity index (χ3n) is 4.55. The summed E-state index contributed by atoms with van der Waals surface area (Å²) < 4.78 is 22.3. The zero-order valence-electron chi connectivity index (χ0n) is 18.3. The SMILES string of the molecule is CC(C(=O)[C@H](CC(C)C)NC(=O)[C@H](CC(N)=O)NC(=O)C(c1ccccc1)[N+](=O)[O-])=S(=O)=O. The molecule has 3 amide bonds. The molecule has 1 unspecified atom stereocenters. The van der Waals surface area contributed by atoms with Gasteiger partial charge in [0.25, 0.3) is 5.91 Å². The molecular formula is C20H26N4O8S. The minimum atomic E-state index is -2.81. The van der Waals surface area contributed by atoms with Crippen LogP contribution in [0.5, 0.6) is 0 Å². The fourth-order valence-electron chi connectivity index (χ4n) is 2.97. The molecule has 0 heterocycles. The summed E-state index contributed by atoms with van der Waals surface area (Å²) >= 11 is 0. The van der Waals surface area contributed by atoms with Gasteiger partial charge in [-0.3, -0.25) is 29.3 Å². The Balaban J connectivity index is 3.19. The van der Waals surface area contributed by atoms with Crippen LogP contribution in [0.2, 0.25) is 0 Å². The molecule has 0 aliphatic carbocycles. The van der Waals surface area contributed by atoms with Crippen molar-refractivity contribution >= 4 is 38.7 Å². The second-order valence-corrected chi connectivity index (χ2v) is 8.76. The van der Waals surface area contributed by atoms with E-state index in [1.807, 2.05) is 0 Å². The fraction of sp³-hybridized carbons (Fsp3) is 0.450. The molecule has 4 N–H and O–H groups in total. The van der Waals surface area contributed by atoms with Crippen molar-refractivity contribution in [1.29, 1.82) is 0 Å². The van der Waals surface area contributed by atoms with E-state index in [-0.39, 0.29) is 17.9 Å². The lowest BCUT2D eigenvalue weighted by molar-refractivity contribution is -0.513. The Morgan fingerprint density at radius 2 is 1.58 bits per heavy atom. The monoisotopic (exact) mass is 482 g/mol. The third-order valence-corrected chi connectivity index (χ3v) is 5.25. The molecule has 0 radical (unpaired) electrons. The molecule has 0 aromatic heterocycles. The summed E-state index contributed by atoms with van der Waals surface area (Å²) in [6.45, 7) is 4.55. The largest absolute Gasteiger partial charge is 0.370 e. The molecule has 0 fully saturated rings. The number of nitrogens with one attached hydrogen (secondary N) is 2. The average molecular weight is 483 g/mol.